The van der Waals surface area contributed by atoms with Gasteiger partial charge in [0.05, 0.1) is 11.8 Å². The van der Waals surface area contributed by atoms with E-state index in [9.17, 15) is 0 Å². The smallest absolute Gasteiger partial charge is 0.234 e. The number of aryl methyl sites for hydroxylation is 3. The average molecular weight is 403 g/mol. The molecule has 0 radical (unpaired) electrons. The van der Waals surface area contributed by atoms with Crippen LogP contribution in [0.4, 0.5) is 0 Å². The van der Waals surface area contributed by atoms with Crippen LogP contribution in [0.3, 0.4) is 0 Å². The van der Waals surface area contributed by atoms with E-state index in [0.29, 0.717) is 0 Å². The van der Waals surface area contributed by atoms with Gasteiger partial charge in [0.1, 0.15) is 23.9 Å². The van der Waals surface area contributed by atoms with Gasteiger partial charge in [-0.05, 0) is 48.6 Å². The largest absolute Gasteiger partial charge is 0.455 e. The molecular formula is C27H31N2O+. The zero-order chi connectivity index (χ0) is 23.9. The van der Waals surface area contributed by atoms with Crippen molar-refractivity contribution in [1.29, 1.82) is 0 Å². The van der Waals surface area contributed by atoms with Gasteiger partial charge in [-0.15, -0.1) is 0 Å². The minimum Gasteiger partial charge on any atom is -0.455 e. The second-order valence-corrected chi connectivity index (χ2v) is 10.1. The molecule has 154 valence electrons. The van der Waals surface area contributed by atoms with Gasteiger partial charge in [0, 0.05) is 20.4 Å². The van der Waals surface area contributed by atoms with Crippen LogP contribution in [0.5, 0.6) is 0 Å². The van der Waals surface area contributed by atoms with Gasteiger partial charge in [-0.2, -0.15) is 4.57 Å². The van der Waals surface area contributed by atoms with Crippen LogP contribution in [0.25, 0.3) is 33.2 Å². The predicted molar refractivity (Wildman–Crippen MR) is 123 cm³/mol. The molecule has 2 aromatic heterocycles. The molecule has 0 saturated heterocycles. The van der Waals surface area contributed by atoms with Gasteiger partial charge < -0.3 is 4.42 Å². The molecule has 0 N–H and O–H groups in total. The molecular weight excluding hydrogens is 368 g/mol. The first-order valence-corrected chi connectivity index (χ1v) is 10.7. The van der Waals surface area contributed by atoms with E-state index >= 15 is 0 Å². The summed E-state index contributed by atoms with van der Waals surface area (Å²) in [4.78, 5) is 4.28. The Morgan fingerprint density at radius 3 is 2.43 bits per heavy atom. The molecule has 1 aliphatic rings. The standard InChI is InChI=1S/C27H31N2O/c1-16-8-9-18-19-10-11-20-23(27(5,6)13-12-26(20,3)4)25(19)30-24(18)22(16)21-14-28-17(2)15-29(21)7/h8-11,14-15H,12-13H2,1-7H3/q+1/i2D3. The number of aromatic nitrogens is 2. The van der Waals surface area contributed by atoms with E-state index in [2.05, 4.69) is 63.9 Å². The Bertz CT molecular complexity index is 1430. The summed E-state index contributed by atoms with van der Waals surface area (Å²) in [6.45, 7) is 9.09. The molecule has 0 aliphatic heterocycles. The van der Waals surface area contributed by atoms with Gasteiger partial charge >= 0.3 is 0 Å². The van der Waals surface area contributed by atoms with Crippen molar-refractivity contribution in [2.45, 2.75) is 65.1 Å². The minimum absolute atomic E-state index is 0.0288. The number of benzene rings is 2. The highest BCUT2D eigenvalue weighted by atomic mass is 16.3. The summed E-state index contributed by atoms with van der Waals surface area (Å²) in [5, 5.41) is 2.21. The molecule has 30 heavy (non-hydrogen) atoms. The fourth-order valence-electron chi connectivity index (χ4n) is 5.19. The summed E-state index contributed by atoms with van der Waals surface area (Å²) < 4.78 is 31.7. The van der Waals surface area contributed by atoms with Crippen molar-refractivity contribution in [2.24, 2.45) is 7.05 Å². The maximum absolute atomic E-state index is 7.69. The van der Waals surface area contributed by atoms with Crippen molar-refractivity contribution >= 4 is 21.9 Å². The van der Waals surface area contributed by atoms with Crippen LogP contribution in [0.1, 0.15) is 67.0 Å². The molecule has 3 nitrogen and oxygen atoms in total. The Balaban J connectivity index is 1.84. The molecule has 0 fully saturated rings. The number of nitrogens with zero attached hydrogens (tertiary/aromatic N) is 2. The van der Waals surface area contributed by atoms with E-state index in [-0.39, 0.29) is 16.5 Å². The lowest BCUT2D eigenvalue weighted by Gasteiger charge is -2.41. The van der Waals surface area contributed by atoms with Crippen molar-refractivity contribution < 1.29 is 13.1 Å². The summed E-state index contributed by atoms with van der Waals surface area (Å²) in [5.41, 5.74) is 7.57. The topological polar surface area (TPSA) is 29.9 Å². The summed E-state index contributed by atoms with van der Waals surface area (Å²) >= 11 is 0. The second-order valence-electron chi connectivity index (χ2n) is 10.1. The highest BCUT2D eigenvalue weighted by Gasteiger charge is 2.39. The van der Waals surface area contributed by atoms with Crippen molar-refractivity contribution in [3.63, 3.8) is 0 Å². The molecule has 0 unspecified atom stereocenters. The zero-order valence-corrected chi connectivity index (χ0v) is 18.7. The van der Waals surface area contributed by atoms with Crippen molar-refractivity contribution in [2.75, 3.05) is 0 Å². The van der Waals surface area contributed by atoms with Crippen LogP contribution in [0.2, 0.25) is 0 Å². The van der Waals surface area contributed by atoms with Crippen LogP contribution in [-0.4, -0.2) is 4.98 Å². The van der Waals surface area contributed by atoms with Crippen LogP contribution in [-0.2, 0) is 17.9 Å². The Kier molecular flexibility index (Phi) is 3.30. The van der Waals surface area contributed by atoms with Gasteiger partial charge in [-0.3, -0.25) is 0 Å². The Labute approximate surface area is 183 Å². The fourth-order valence-corrected chi connectivity index (χ4v) is 5.19. The number of rotatable bonds is 1. The monoisotopic (exact) mass is 402 g/mol. The summed E-state index contributed by atoms with van der Waals surface area (Å²) in [7, 11) is 1.86. The molecule has 0 bridgehead atoms. The molecule has 0 atom stereocenters. The van der Waals surface area contributed by atoms with Gasteiger partial charge in [0.2, 0.25) is 5.69 Å². The first-order chi connectivity index (χ1) is 15.3. The molecule has 0 saturated carbocycles. The van der Waals surface area contributed by atoms with Gasteiger partial charge in [0.25, 0.3) is 0 Å². The van der Waals surface area contributed by atoms with Crippen LogP contribution >= 0.6 is 0 Å². The molecule has 3 heteroatoms. The predicted octanol–water partition coefficient (Wildman–Crippen LogP) is 6.44. The molecule has 4 aromatic rings. The molecule has 0 spiro atoms. The van der Waals surface area contributed by atoms with Crippen LogP contribution in [0.15, 0.2) is 41.1 Å². The molecule has 2 heterocycles. The highest BCUT2D eigenvalue weighted by molar-refractivity contribution is 6.11. The third-order valence-electron chi connectivity index (χ3n) is 7.08. The molecule has 2 aromatic carbocycles. The quantitative estimate of drug-likeness (QED) is 0.343. The number of hydrogen-bond donors (Lipinski definition) is 0. The first-order valence-electron chi connectivity index (χ1n) is 12.2. The van der Waals surface area contributed by atoms with E-state index in [4.69, 9.17) is 8.53 Å². The summed E-state index contributed by atoms with van der Waals surface area (Å²) in [5.74, 6) is 0. The van der Waals surface area contributed by atoms with Crippen molar-refractivity contribution in [3.05, 3.63) is 59.0 Å². The Hall–Kier alpha value is -2.68. The maximum atomic E-state index is 7.69. The van der Waals surface area contributed by atoms with Gasteiger partial charge in [-0.1, -0.05) is 52.0 Å². The van der Waals surface area contributed by atoms with Crippen LogP contribution in [0, 0.1) is 13.8 Å². The number of fused-ring (bicyclic) bond motifs is 5. The van der Waals surface area contributed by atoms with Gasteiger partial charge in [-0.25, -0.2) is 4.98 Å². The fraction of sp³-hybridized carbons (Fsp3) is 0.407. The van der Waals surface area contributed by atoms with E-state index in [1.54, 1.807) is 12.4 Å². The third kappa shape index (κ3) is 2.64. The van der Waals surface area contributed by atoms with Gasteiger partial charge in [0.15, 0.2) is 6.20 Å². The van der Waals surface area contributed by atoms with E-state index < -0.39 is 6.85 Å². The van der Waals surface area contributed by atoms with Crippen molar-refractivity contribution in [3.8, 4) is 11.3 Å². The van der Waals surface area contributed by atoms with Crippen LogP contribution < -0.4 is 4.57 Å². The maximum Gasteiger partial charge on any atom is 0.234 e. The molecule has 5 rings (SSSR count). The lowest BCUT2D eigenvalue weighted by molar-refractivity contribution is -0.661. The van der Waals surface area contributed by atoms with E-state index in [1.165, 1.54) is 11.1 Å². The second kappa shape index (κ2) is 6.16. The normalized spacial score (nSPS) is 19.3. The lowest BCUT2D eigenvalue weighted by Crippen LogP contribution is -2.33. The highest BCUT2D eigenvalue weighted by Crippen LogP contribution is 2.50. The van der Waals surface area contributed by atoms with Crippen molar-refractivity contribution in [1.82, 2.24) is 4.98 Å². The number of furan rings is 1. The number of hydrogen-bond acceptors (Lipinski definition) is 2. The first kappa shape index (κ1) is 16.1. The third-order valence-corrected chi connectivity index (χ3v) is 7.08. The summed E-state index contributed by atoms with van der Waals surface area (Å²) in [6, 6.07) is 8.74. The SMILES string of the molecule is [2H]C([2H])([2H])c1c[n+](C)c(-c2c(C)ccc3c2oc2c4c(ccc23)C(C)(C)CCC4(C)C)cn1. The molecule has 1 aliphatic carbocycles. The zero-order valence-electron chi connectivity index (χ0n) is 21.7. The lowest BCUT2D eigenvalue weighted by atomic mass is 9.63. The van der Waals surface area contributed by atoms with E-state index in [1.807, 2.05) is 11.6 Å². The minimum atomic E-state index is -2.24. The summed E-state index contributed by atoms with van der Waals surface area (Å²) in [6.07, 6.45) is 5.51. The Morgan fingerprint density at radius 1 is 1.00 bits per heavy atom. The van der Waals surface area contributed by atoms with E-state index in [0.717, 1.165) is 51.6 Å². The molecule has 0 amide bonds. The Morgan fingerprint density at radius 2 is 1.70 bits per heavy atom. The average Bonchev–Trinajstić information content (AvgIpc) is 3.09.